The van der Waals surface area contributed by atoms with Crippen LogP contribution in [-0.2, 0) is 0 Å². The molecule has 0 unspecified atom stereocenters. The van der Waals surface area contributed by atoms with Crippen molar-refractivity contribution in [3.8, 4) is 5.88 Å². The summed E-state index contributed by atoms with van der Waals surface area (Å²) < 4.78 is 40.8. The molecule has 0 N–H and O–H groups in total. The molecule has 0 amide bonds. The Hall–Kier alpha value is -0.560. The van der Waals surface area contributed by atoms with E-state index in [2.05, 4.69) is 25.9 Å². The van der Waals surface area contributed by atoms with E-state index in [1.54, 1.807) is 0 Å². The monoisotopic (exact) mass is 318 g/mol. The number of ether oxygens (including phenoxy) is 1. The molecule has 0 aliphatic carbocycles. The van der Waals surface area contributed by atoms with E-state index in [4.69, 9.17) is 16.3 Å². The normalized spacial score (nSPS) is 11.6. The van der Waals surface area contributed by atoms with E-state index in [9.17, 15) is 13.2 Å². The predicted molar refractivity (Wildman–Crippen MR) is 55.5 cm³/mol. The molecule has 0 radical (unpaired) electrons. The highest BCUT2D eigenvalue weighted by atomic mass is 79.9. The number of nitrogens with zero attached hydrogens (tertiary/aromatic N) is 2. The lowest BCUT2D eigenvalue weighted by molar-refractivity contribution is -0.136. The molecule has 1 heterocycles. The summed E-state index contributed by atoms with van der Waals surface area (Å²) in [6, 6.07) is 0. The number of halogens is 5. The number of hydrogen-bond donors (Lipinski definition) is 0. The van der Waals surface area contributed by atoms with Crippen LogP contribution < -0.4 is 4.74 Å². The second-order valence-corrected chi connectivity index (χ2v) is 4.00. The number of aromatic nitrogens is 2. The second kappa shape index (κ2) is 5.67. The van der Waals surface area contributed by atoms with Crippen molar-refractivity contribution in [2.45, 2.75) is 19.0 Å². The topological polar surface area (TPSA) is 35.0 Å². The lowest BCUT2D eigenvalue weighted by atomic mass is 10.3. The first-order chi connectivity index (χ1) is 7.40. The molecule has 0 spiro atoms. The van der Waals surface area contributed by atoms with Gasteiger partial charge in [-0.25, -0.2) is 9.97 Å². The van der Waals surface area contributed by atoms with Gasteiger partial charge in [-0.3, -0.25) is 0 Å². The molecule has 0 aromatic carbocycles. The van der Waals surface area contributed by atoms with E-state index >= 15 is 0 Å². The van der Waals surface area contributed by atoms with Crippen LogP contribution in [0.1, 0.15) is 12.8 Å². The Labute approximate surface area is 103 Å². The smallest absolute Gasteiger partial charge is 0.389 e. The zero-order valence-corrected chi connectivity index (χ0v) is 10.2. The van der Waals surface area contributed by atoms with Gasteiger partial charge in [0, 0.05) is 6.42 Å². The SMILES string of the molecule is FC(F)(F)CCCOc1ncnc(Cl)c1Br. The first-order valence-electron chi connectivity index (χ1n) is 4.25. The molecule has 0 aliphatic heterocycles. The maximum absolute atomic E-state index is 11.8. The minimum absolute atomic E-state index is 0.0779. The van der Waals surface area contributed by atoms with Gasteiger partial charge in [-0.2, -0.15) is 13.2 Å². The summed E-state index contributed by atoms with van der Waals surface area (Å²) in [5.41, 5.74) is 0. The molecule has 1 rings (SSSR count). The highest BCUT2D eigenvalue weighted by molar-refractivity contribution is 9.10. The van der Waals surface area contributed by atoms with Crippen LogP contribution in [0.2, 0.25) is 5.15 Å². The van der Waals surface area contributed by atoms with Gasteiger partial charge in [0.1, 0.15) is 10.8 Å². The van der Waals surface area contributed by atoms with Crippen LogP contribution in [0.5, 0.6) is 5.88 Å². The fourth-order valence-electron chi connectivity index (χ4n) is 0.876. The fraction of sp³-hybridized carbons (Fsp3) is 0.500. The first kappa shape index (κ1) is 13.5. The Balaban J connectivity index is 2.41. The molecular formula is C8H7BrClF3N2O. The van der Waals surface area contributed by atoms with Crippen molar-refractivity contribution in [3.05, 3.63) is 16.0 Å². The quantitative estimate of drug-likeness (QED) is 0.628. The molecule has 0 atom stereocenters. The average molecular weight is 320 g/mol. The van der Waals surface area contributed by atoms with Crippen LogP contribution in [0.15, 0.2) is 10.8 Å². The lowest BCUT2D eigenvalue weighted by Crippen LogP contribution is -2.10. The van der Waals surface area contributed by atoms with Crippen molar-refractivity contribution in [1.82, 2.24) is 9.97 Å². The Morgan fingerprint density at radius 2 is 2.06 bits per heavy atom. The second-order valence-electron chi connectivity index (χ2n) is 2.85. The van der Waals surface area contributed by atoms with E-state index in [0.717, 1.165) is 0 Å². The van der Waals surface area contributed by atoms with Crippen molar-refractivity contribution in [2.75, 3.05) is 6.61 Å². The minimum Gasteiger partial charge on any atom is -0.477 e. The average Bonchev–Trinajstić information content (AvgIpc) is 2.17. The van der Waals surface area contributed by atoms with E-state index in [0.29, 0.717) is 4.47 Å². The van der Waals surface area contributed by atoms with Crippen molar-refractivity contribution < 1.29 is 17.9 Å². The summed E-state index contributed by atoms with van der Waals surface area (Å²) in [7, 11) is 0. The van der Waals surface area contributed by atoms with Gasteiger partial charge in [-0.1, -0.05) is 11.6 Å². The number of rotatable bonds is 4. The van der Waals surface area contributed by atoms with Gasteiger partial charge < -0.3 is 4.74 Å². The van der Waals surface area contributed by atoms with Crippen molar-refractivity contribution >= 4 is 27.5 Å². The van der Waals surface area contributed by atoms with Crippen LogP contribution in [0.4, 0.5) is 13.2 Å². The number of alkyl halides is 3. The Bertz CT molecular complexity index is 362. The van der Waals surface area contributed by atoms with Gasteiger partial charge in [-0.05, 0) is 22.4 Å². The summed E-state index contributed by atoms with van der Waals surface area (Å²) >= 11 is 8.71. The summed E-state index contributed by atoms with van der Waals surface area (Å²) in [6.07, 6.45) is -4.00. The minimum atomic E-state index is -4.16. The zero-order chi connectivity index (χ0) is 12.2. The molecule has 1 aromatic rings. The van der Waals surface area contributed by atoms with E-state index in [-0.39, 0.29) is 24.1 Å². The molecule has 1 aromatic heterocycles. The van der Waals surface area contributed by atoms with Crippen LogP contribution in [0.25, 0.3) is 0 Å². The molecule has 0 aliphatic rings. The first-order valence-corrected chi connectivity index (χ1v) is 5.43. The summed E-state index contributed by atoms with van der Waals surface area (Å²) in [4.78, 5) is 7.38. The summed E-state index contributed by atoms with van der Waals surface area (Å²) in [6.45, 7) is -0.0779. The summed E-state index contributed by atoms with van der Waals surface area (Å²) in [5, 5.41) is 0.154. The van der Waals surface area contributed by atoms with Gasteiger partial charge in [0.15, 0.2) is 5.15 Å². The highest BCUT2D eigenvalue weighted by Gasteiger charge is 2.26. The zero-order valence-electron chi connectivity index (χ0n) is 7.89. The van der Waals surface area contributed by atoms with E-state index in [1.165, 1.54) is 6.33 Å². The van der Waals surface area contributed by atoms with Gasteiger partial charge in [-0.15, -0.1) is 0 Å². The largest absolute Gasteiger partial charge is 0.477 e. The lowest BCUT2D eigenvalue weighted by Gasteiger charge is -2.08. The third-order valence-corrected chi connectivity index (χ3v) is 2.79. The van der Waals surface area contributed by atoms with Gasteiger partial charge in [0.2, 0.25) is 5.88 Å². The third-order valence-electron chi connectivity index (χ3n) is 1.56. The van der Waals surface area contributed by atoms with Crippen LogP contribution in [0, 0.1) is 0 Å². The van der Waals surface area contributed by atoms with Crippen LogP contribution >= 0.6 is 27.5 Å². The maximum Gasteiger partial charge on any atom is 0.389 e. The molecule has 3 nitrogen and oxygen atoms in total. The highest BCUT2D eigenvalue weighted by Crippen LogP contribution is 2.28. The molecule has 8 heteroatoms. The third kappa shape index (κ3) is 4.52. The van der Waals surface area contributed by atoms with Crippen LogP contribution in [0.3, 0.4) is 0 Å². The van der Waals surface area contributed by atoms with Crippen molar-refractivity contribution in [1.29, 1.82) is 0 Å². The standard InChI is InChI=1S/C8H7BrClF3N2O/c9-5-6(10)14-4-15-7(5)16-3-1-2-8(11,12)13/h4H,1-3H2. The number of hydrogen-bond acceptors (Lipinski definition) is 3. The molecule has 0 saturated heterocycles. The maximum atomic E-state index is 11.8. The van der Waals surface area contributed by atoms with Gasteiger partial charge in [0.25, 0.3) is 0 Å². The van der Waals surface area contributed by atoms with Crippen LogP contribution in [-0.4, -0.2) is 22.8 Å². The predicted octanol–water partition coefficient (Wildman–Crippen LogP) is 3.61. The van der Waals surface area contributed by atoms with Gasteiger partial charge in [0.05, 0.1) is 6.61 Å². The molecule has 0 bridgehead atoms. The van der Waals surface area contributed by atoms with Crippen molar-refractivity contribution in [2.24, 2.45) is 0 Å². The molecule has 0 fully saturated rings. The molecular weight excluding hydrogens is 312 g/mol. The van der Waals surface area contributed by atoms with E-state index in [1.807, 2.05) is 0 Å². The summed E-state index contributed by atoms with van der Waals surface area (Å²) in [5.74, 6) is 0.141. The Kier molecular flexibility index (Phi) is 4.79. The molecule has 16 heavy (non-hydrogen) atoms. The molecule has 90 valence electrons. The van der Waals surface area contributed by atoms with Crippen molar-refractivity contribution in [3.63, 3.8) is 0 Å². The Morgan fingerprint density at radius 3 is 2.69 bits per heavy atom. The Morgan fingerprint density at radius 1 is 1.38 bits per heavy atom. The molecule has 0 saturated carbocycles. The fourth-order valence-corrected chi connectivity index (χ4v) is 1.32. The van der Waals surface area contributed by atoms with E-state index < -0.39 is 12.6 Å². The van der Waals surface area contributed by atoms with Gasteiger partial charge >= 0.3 is 6.18 Å².